The second kappa shape index (κ2) is 7.46. The van der Waals surface area contributed by atoms with E-state index in [0.29, 0.717) is 32.9 Å². The summed E-state index contributed by atoms with van der Waals surface area (Å²) in [7, 11) is 0. The molecule has 2 aromatic carbocycles. The molecule has 4 rings (SSSR count). The van der Waals surface area contributed by atoms with Crippen LogP contribution in [-0.2, 0) is 0 Å². The maximum Gasteiger partial charge on any atom is 0.323 e. The van der Waals surface area contributed by atoms with Crippen molar-refractivity contribution in [2.45, 2.75) is 6.92 Å². The van der Waals surface area contributed by atoms with Gasteiger partial charge >= 0.3 is 6.03 Å². The Morgan fingerprint density at radius 1 is 0.929 bits per heavy atom. The van der Waals surface area contributed by atoms with E-state index in [1.165, 1.54) is 0 Å². The molecule has 0 spiro atoms. The number of amides is 2. The van der Waals surface area contributed by atoms with Gasteiger partial charge in [-0.25, -0.2) is 4.79 Å². The fourth-order valence-electron chi connectivity index (χ4n) is 2.67. The summed E-state index contributed by atoms with van der Waals surface area (Å²) in [6.45, 7) is 1.84. The second-order valence-corrected chi connectivity index (χ2v) is 6.84. The molecule has 0 saturated carbocycles. The number of benzene rings is 2. The smallest absolute Gasteiger partial charge is 0.308 e. The zero-order chi connectivity index (χ0) is 19.7. The zero-order valence-corrected chi connectivity index (χ0v) is 16.2. The number of hydrogen-bond acceptors (Lipinski definition) is 4. The number of nitrogens with one attached hydrogen (secondary N) is 2. The highest BCUT2D eigenvalue weighted by Gasteiger charge is 2.08. The molecular formula is C19H14Cl2N6O. The maximum atomic E-state index is 12.3. The van der Waals surface area contributed by atoms with Crippen LogP contribution in [0.15, 0.2) is 54.6 Å². The van der Waals surface area contributed by atoms with E-state index in [-0.39, 0.29) is 0 Å². The number of aryl methyl sites for hydroxylation is 1. The fourth-order valence-corrected chi connectivity index (χ4v) is 2.97. The highest BCUT2D eigenvalue weighted by Crippen LogP contribution is 2.25. The van der Waals surface area contributed by atoms with E-state index in [9.17, 15) is 4.79 Å². The average Bonchev–Trinajstić information content (AvgIpc) is 3.05. The first-order chi connectivity index (χ1) is 13.5. The van der Waals surface area contributed by atoms with Crippen LogP contribution in [-0.4, -0.2) is 25.8 Å². The lowest BCUT2D eigenvalue weighted by molar-refractivity contribution is 0.262. The van der Waals surface area contributed by atoms with Gasteiger partial charge in [0.1, 0.15) is 0 Å². The molecule has 140 valence electrons. The molecule has 0 radical (unpaired) electrons. The van der Waals surface area contributed by atoms with Crippen molar-refractivity contribution < 1.29 is 4.79 Å². The Bertz CT molecular complexity index is 1190. The molecule has 7 nitrogen and oxygen atoms in total. The molecule has 2 aromatic heterocycles. The lowest BCUT2D eigenvalue weighted by Gasteiger charge is -2.10. The third kappa shape index (κ3) is 3.76. The topological polar surface area (TPSA) is 84.2 Å². The average molecular weight is 413 g/mol. The number of anilines is 2. The Balaban J connectivity index is 1.53. The van der Waals surface area contributed by atoms with E-state index in [4.69, 9.17) is 23.2 Å². The fraction of sp³-hybridized carbons (Fsp3) is 0.0526. The first-order valence-corrected chi connectivity index (χ1v) is 9.08. The Kier molecular flexibility index (Phi) is 4.85. The second-order valence-electron chi connectivity index (χ2n) is 6.02. The molecule has 0 fully saturated rings. The lowest BCUT2D eigenvalue weighted by atomic mass is 10.1. The largest absolute Gasteiger partial charge is 0.323 e. The minimum absolute atomic E-state index is 0.368. The predicted octanol–water partition coefficient (Wildman–Crippen LogP) is 5.05. The van der Waals surface area contributed by atoms with Crippen molar-refractivity contribution in [1.82, 2.24) is 19.8 Å². The summed E-state index contributed by atoms with van der Waals surface area (Å²) in [5.74, 6) is 0.701. The van der Waals surface area contributed by atoms with Crippen LogP contribution in [0.4, 0.5) is 16.2 Å². The molecule has 28 heavy (non-hydrogen) atoms. The normalized spacial score (nSPS) is 10.8. The standard InChI is InChI=1S/C19H14Cl2N6O/c1-11-24-25-18-8-7-17(26-27(11)18)12-3-2-4-13(9-12)22-19(28)23-14-5-6-15(20)16(21)10-14/h2-10H,1H3,(H2,22,23,28). The van der Waals surface area contributed by atoms with Crippen LogP contribution in [0, 0.1) is 6.92 Å². The molecule has 0 aliphatic carbocycles. The first-order valence-electron chi connectivity index (χ1n) is 8.32. The van der Waals surface area contributed by atoms with Gasteiger partial charge in [0.15, 0.2) is 11.5 Å². The van der Waals surface area contributed by atoms with Crippen molar-refractivity contribution in [2.75, 3.05) is 10.6 Å². The van der Waals surface area contributed by atoms with Gasteiger partial charge in [0.25, 0.3) is 0 Å². The minimum Gasteiger partial charge on any atom is -0.308 e. The van der Waals surface area contributed by atoms with E-state index in [2.05, 4.69) is 25.9 Å². The number of halogens is 2. The third-order valence-electron chi connectivity index (χ3n) is 4.01. The molecule has 0 atom stereocenters. The van der Waals surface area contributed by atoms with Crippen LogP contribution in [0.25, 0.3) is 16.9 Å². The number of rotatable bonds is 3. The van der Waals surface area contributed by atoms with Gasteiger partial charge in [-0.3, -0.25) is 0 Å². The molecular weight excluding hydrogens is 399 g/mol. The predicted molar refractivity (Wildman–Crippen MR) is 110 cm³/mol. The van der Waals surface area contributed by atoms with Crippen LogP contribution in [0.5, 0.6) is 0 Å². The monoisotopic (exact) mass is 412 g/mol. The van der Waals surface area contributed by atoms with Crippen LogP contribution in [0.3, 0.4) is 0 Å². The zero-order valence-electron chi connectivity index (χ0n) is 14.6. The van der Waals surface area contributed by atoms with Gasteiger partial charge < -0.3 is 10.6 Å². The minimum atomic E-state index is -0.395. The summed E-state index contributed by atoms with van der Waals surface area (Å²) in [6, 6.07) is 15.6. The summed E-state index contributed by atoms with van der Waals surface area (Å²) in [6.07, 6.45) is 0. The molecule has 2 N–H and O–H groups in total. The molecule has 9 heteroatoms. The van der Waals surface area contributed by atoms with Crippen LogP contribution < -0.4 is 10.6 Å². The summed E-state index contributed by atoms with van der Waals surface area (Å²) in [5, 5.41) is 18.9. The number of carbonyl (C=O) groups is 1. The van der Waals surface area contributed by atoms with E-state index in [1.807, 2.05) is 37.3 Å². The summed E-state index contributed by atoms with van der Waals surface area (Å²) in [4.78, 5) is 12.3. The Morgan fingerprint density at radius 3 is 2.50 bits per heavy atom. The molecule has 0 bridgehead atoms. The van der Waals surface area contributed by atoms with Gasteiger partial charge in [-0.05, 0) is 49.4 Å². The van der Waals surface area contributed by atoms with Crippen LogP contribution in [0.2, 0.25) is 10.0 Å². The van der Waals surface area contributed by atoms with Crippen molar-refractivity contribution >= 4 is 46.3 Å². The van der Waals surface area contributed by atoms with Gasteiger partial charge in [-0.15, -0.1) is 10.2 Å². The molecule has 0 aliphatic rings. The molecule has 0 unspecified atom stereocenters. The number of nitrogens with zero attached hydrogens (tertiary/aromatic N) is 4. The highest BCUT2D eigenvalue weighted by atomic mass is 35.5. The first kappa shape index (κ1) is 18.2. The maximum absolute atomic E-state index is 12.3. The quantitative estimate of drug-likeness (QED) is 0.492. The number of carbonyl (C=O) groups excluding carboxylic acids is 1. The van der Waals surface area contributed by atoms with Crippen molar-refractivity contribution in [3.05, 3.63) is 70.5 Å². The third-order valence-corrected chi connectivity index (χ3v) is 4.75. The Hall–Kier alpha value is -3.16. The van der Waals surface area contributed by atoms with Crippen LogP contribution in [0.1, 0.15) is 5.82 Å². The van der Waals surface area contributed by atoms with Gasteiger partial charge in [-0.1, -0.05) is 35.3 Å². The molecule has 0 aliphatic heterocycles. The SMILES string of the molecule is Cc1nnc2ccc(-c3cccc(NC(=O)Nc4ccc(Cl)c(Cl)c4)c3)nn12. The van der Waals surface area contributed by atoms with E-state index in [1.54, 1.807) is 28.8 Å². The number of aromatic nitrogens is 4. The van der Waals surface area contributed by atoms with Crippen molar-refractivity contribution in [3.63, 3.8) is 0 Å². The number of hydrogen-bond donors (Lipinski definition) is 2. The molecule has 0 saturated heterocycles. The number of urea groups is 1. The van der Waals surface area contributed by atoms with E-state index >= 15 is 0 Å². The highest BCUT2D eigenvalue weighted by molar-refractivity contribution is 6.42. The lowest BCUT2D eigenvalue weighted by Crippen LogP contribution is -2.19. The summed E-state index contributed by atoms with van der Waals surface area (Å²) < 4.78 is 1.67. The van der Waals surface area contributed by atoms with Crippen molar-refractivity contribution in [2.24, 2.45) is 0 Å². The Morgan fingerprint density at radius 2 is 1.71 bits per heavy atom. The molecule has 2 amide bonds. The van der Waals surface area contributed by atoms with E-state index in [0.717, 1.165) is 11.3 Å². The van der Waals surface area contributed by atoms with Gasteiger partial charge in [0, 0.05) is 16.9 Å². The summed E-state index contributed by atoms with van der Waals surface area (Å²) >= 11 is 11.9. The molecule has 4 aromatic rings. The summed E-state index contributed by atoms with van der Waals surface area (Å²) in [5.41, 5.74) is 3.43. The van der Waals surface area contributed by atoms with Crippen molar-refractivity contribution in [1.29, 1.82) is 0 Å². The van der Waals surface area contributed by atoms with E-state index < -0.39 is 6.03 Å². The number of fused-ring (bicyclic) bond motifs is 1. The Labute approximate surface area is 170 Å². The van der Waals surface area contributed by atoms with Crippen molar-refractivity contribution in [3.8, 4) is 11.3 Å². The van der Waals surface area contributed by atoms with Gasteiger partial charge in [0.05, 0.1) is 15.7 Å². The molecule has 2 heterocycles. The van der Waals surface area contributed by atoms with Gasteiger partial charge in [-0.2, -0.15) is 9.61 Å². The van der Waals surface area contributed by atoms with Gasteiger partial charge in [0.2, 0.25) is 0 Å². The van der Waals surface area contributed by atoms with Crippen LogP contribution >= 0.6 is 23.2 Å².